The molecule has 9 heteroatoms. The summed E-state index contributed by atoms with van der Waals surface area (Å²) in [5.74, 6) is -1.03. The summed E-state index contributed by atoms with van der Waals surface area (Å²) in [6, 6.07) is 0.0800. The van der Waals surface area contributed by atoms with E-state index in [4.69, 9.17) is 46.4 Å². The molecule has 0 saturated heterocycles. The van der Waals surface area contributed by atoms with Gasteiger partial charge >= 0.3 is 0 Å². The highest BCUT2D eigenvalue weighted by Gasteiger charge is 2.39. The molecule has 2 aliphatic carbocycles. The largest absolute Gasteiger partial charge is 0.336 e. The Bertz CT molecular complexity index is 430. The molecule has 0 aliphatic heterocycles. The molecular formula is C15H22Cl4F2N2O. The maximum atomic E-state index is 13.5. The van der Waals surface area contributed by atoms with E-state index in [1.807, 2.05) is 0 Å². The second kappa shape index (κ2) is 8.90. The molecule has 2 saturated carbocycles. The molecule has 0 radical (unpaired) electrons. The molecule has 2 fully saturated rings. The second-order valence-corrected chi connectivity index (χ2v) is 9.63. The summed E-state index contributed by atoms with van der Waals surface area (Å²) >= 11 is 24.0. The average molecular weight is 426 g/mol. The Labute approximate surface area is 161 Å². The van der Waals surface area contributed by atoms with Crippen LogP contribution in [0.3, 0.4) is 0 Å². The van der Waals surface area contributed by atoms with Gasteiger partial charge in [0, 0.05) is 17.3 Å². The van der Waals surface area contributed by atoms with Crippen molar-refractivity contribution < 1.29 is 13.6 Å². The van der Waals surface area contributed by atoms with Crippen LogP contribution in [0.2, 0.25) is 0 Å². The topological polar surface area (TPSA) is 41.1 Å². The minimum Gasteiger partial charge on any atom is -0.336 e. The number of hydrogen-bond donors (Lipinski definition) is 2. The monoisotopic (exact) mass is 424 g/mol. The number of carbonyl (C=O) groups is 1. The third kappa shape index (κ3) is 6.01. The summed E-state index contributed by atoms with van der Waals surface area (Å²) in [7, 11) is 0. The average Bonchev–Trinajstić information content (AvgIpc) is 2.50. The fourth-order valence-electron chi connectivity index (χ4n) is 3.25. The van der Waals surface area contributed by atoms with E-state index in [-0.39, 0.29) is 30.7 Å². The fourth-order valence-corrected chi connectivity index (χ4v) is 3.85. The molecule has 3 nitrogen and oxygen atoms in total. The van der Waals surface area contributed by atoms with Gasteiger partial charge in [0.15, 0.2) is 0 Å². The van der Waals surface area contributed by atoms with Crippen molar-refractivity contribution in [1.29, 1.82) is 0 Å². The number of rotatable bonds is 4. The highest BCUT2D eigenvalue weighted by atomic mass is 35.6. The Balaban J connectivity index is 1.92. The van der Waals surface area contributed by atoms with Crippen LogP contribution in [0.25, 0.3) is 0 Å². The van der Waals surface area contributed by atoms with Crippen molar-refractivity contribution in [1.82, 2.24) is 10.6 Å². The molecule has 140 valence electrons. The molecule has 2 N–H and O–H groups in total. The summed E-state index contributed by atoms with van der Waals surface area (Å²) in [6.45, 7) is 0. The first-order valence-electron chi connectivity index (χ1n) is 8.22. The lowest BCUT2D eigenvalue weighted by Gasteiger charge is -2.35. The minimum absolute atomic E-state index is 0.0326. The van der Waals surface area contributed by atoms with Crippen molar-refractivity contribution in [3.8, 4) is 0 Å². The van der Waals surface area contributed by atoms with E-state index in [1.165, 1.54) is 0 Å². The SMILES string of the molecule is O=C(NC(NC1CCC(Cl)CC1)C(Cl)(Cl)Cl)C1CCC(F)C(F)C1. The third-order valence-corrected chi connectivity index (χ3v) is 5.83. The molecule has 2 aliphatic rings. The first-order chi connectivity index (χ1) is 11.2. The molecule has 0 aromatic carbocycles. The van der Waals surface area contributed by atoms with Crippen LogP contribution in [0.5, 0.6) is 0 Å². The Morgan fingerprint density at radius 3 is 2.17 bits per heavy atom. The third-order valence-electron chi connectivity index (χ3n) is 4.74. The van der Waals surface area contributed by atoms with Gasteiger partial charge in [-0.15, -0.1) is 11.6 Å². The van der Waals surface area contributed by atoms with Crippen LogP contribution < -0.4 is 10.6 Å². The van der Waals surface area contributed by atoms with Crippen LogP contribution in [0.1, 0.15) is 44.9 Å². The molecule has 24 heavy (non-hydrogen) atoms. The van der Waals surface area contributed by atoms with E-state index in [1.54, 1.807) is 0 Å². The van der Waals surface area contributed by atoms with Gasteiger partial charge in [-0.1, -0.05) is 34.8 Å². The molecule has 4 atom stereocenters. The van der Waals surface area contributed by atoms with Gasteiger partial charge in [-0.2, -0.15) is 0 Å². The van der Waals surface area contributed by atoms with Crippen LogP contribution in [-0.4, -0.2) is 39.6 Å². The van der Waals surface area contributed by atoms with Gasteiger partial charge < -0.3 is 5.32 Å². The Morgan fingerprint density at radius 2 is 1.62 bits per heavy atom. The highest BCUT2D eigenvalue weighted by Crippen LogP contribution is 2.33. The minimum atomic E-state index is -1.75. The zero-order valence-electron chi connectivity index (χ0n) is 13.1. The fraction of sp³-hybridized carbons (Fsp3) is 0.933. The molecule has 2 rings (SSSR count). The van der Waals surface area contributed by atoms with E-state index >= 15 is 0 Å². The Kier molecular flexibility index (Phi) is 7.69. The van der Waals surface area contributed by atoms with Gasteiger partial charge in [0.1, 0.15) is 18.5 Å². The first kappa shape index (κ1) is 20.8. The van der Waals surface area contributed by atoms with Gasteiger partial charge in [0.05, 0.1) is 0 Å². The van der Waals surface area contributed by atoms with Crippen LogP contribution in [0.15, 0.2) is 0 Å². The Hall–Kier alpha value is 0.450. The molecule has 0 heterocycles. The molecule has 0 aromatic rings. The van der Waals surface area contributed by atoms with E-state index in [0.29, 0.717) is 0 Å². The van der Waals surface area contributed by atoms with Crippen LogP contribution in [0.4, 0.5) is 8.78 Å². The molecule has 0 bridgehead atoms. The van der Waals surface area contributed by atoms with Gasteiger partial charge in [0.25, 0.3) is 0 Å². The lowest BCUT2D eigenvalue weighted by molar-refractivity contribution is -0.128. The molecule has 1 amide bonds. The summed E-state index contributed by atoms with van der Waals surface area (Å²) in [4.78, 5) is 12.4. The molecular weight excluding hydrogens is 404 g/mol. The van der Waals surface area contributed by atoms with Gasteiger partial charge in [-0.05, 0) is 44.9 Å². The first-order valence-corrected chi connectivity index (χ1v) is 9.79. The number of nitrogens with one attached hydrogen (secondary N) is 2. The number of alkyl halides is 6. The van der Waals surface area contributed by atoms with Crippen LogP contribution in [0, 0.1) is 5.92 Å². The molecule has 0 spiro atoms. The summed E-state index contributed by atoms with van der Waals surface area (Å²) in [5.41, 5.74) is 0. The van der Waals surface area contributed by atoms with Crippen molar-refractivity contribution in [3.63, 3.8) is 0 Å². The van der Waals surface area contributed by atoms with Gasteiger partial charge in [-0.25, -0.2) is 8.78 Å². The number of hydrogen-bond acceptors (Lipinski definition) is 2. The lowest BCUT2D eigenvalue weighted by atomic mass is 9.86. The van der Waals surface area contributed by atoms with Crippen molar-refractivity contribution in [2.75, 3.05) is 0 Å². The summed E-state index contributed by atoms with van der Waals surface area (Å²) in [6.07, 6.45) is -0.489. The normalized spacial score (nSPS) is 36.2. The number of halogens is 6. The van der Waals surface area contributed by atoms with E-state index in [0.717, 1.165) is 25.7 Å². The summed E-state index contributed by atoms with van der Waals surface area (Å²) in [5, 5.41) is 5.96. The van der Waals surface area contributed by atoms with Crippen LogP contribution >= 0.6 is 46.4 Å². The molecule has 0 aromatic heterocycles. The van der Waals surface area contributed by atoms with Crippen molar-refractivity contribution in [3.05, 3.63) is 0 Å². The summed E-state index contributed by atoms with van der Waals surface area (Å²) < 4.78 is 25.0. The van der Waals surface area contributed by atoms with Crippen molar-refractivity contribution in [2.24, 2.45) is 5.92 Å². The zero-order valence-corrected chi connectivity index (χ0v) is 16.1. The van der Waals surface area contributed by atoms with E-state index in [2.05, 4.69) is 10.6 Å². The predicted octanol–water partition coefficient (Wildman–Crippen LogP) is 4.41. The molecule has 4 unspecified atom stereocenters. The second-order valence-electron chi connectivity index (χ2n) is 6.64. The standard InChI is InChI=1S/C15H22Cl4F2N2O/c16-9-2-4-10(5-3-9)22-14(15(17,18)19)23-13(24)8-1-6-11(20)12(21)7-8/h8-12,14,22H,1-7H2,(H,23,24). The van der Waals surface area contributed by atoms with Crippen molar-refractivity contribution >= 4 is 52.3 Å². The van der Waals surface area contributed by atoms with Crippen molar-refractivity contribution in [2.45, 2.75) is 78.7 Å². The number of carbonyl (C=O) groups excluding carboxylic acids is 1. The van der Waals surface area contributed by atoms with Gasteiger partial charge in [-0.3, -0.25) is 10.1 Å². The lowest BCUT2D eigenvalue weighted by Crippen LogP contribution is -2.58. The van der Waals surface area contributed by atoms with E-state index < -0.39 is 34.1 Å². The maximum Gasteiger partial charge on any atom is 0.224 e. The number of amides is 1. The maximum absolute atomic E-state index is 13.5. The highest BCUT2D eigenvalue weighted by molar-refractivity contribution is 6.68. The zero-order chi connectivity index (χ0) is 17.9. The Morgan fingerprint density at radius 1 is 1.00 bits per heavy atom. The smallest absolute Gasteiger partial charge is 0.224 e. The van der Waals surface area contributed by atoms with E-state index in [9.17, 15) is 13.6 Å². The predicted molar refractivity (Wildman–Crippen MR) is 94.4 cm³/mol. The van der Waals surface area contributed by atoms with Gasteiger partial charge in [0.2, 0.25) is 9.70 Å². The quantitative estimate of drug-likeness (QED) is 0.517. The van der Waals surface area contributed by atoms with Crippen LogP contribution in [-0.2, 0) is 4.79 Å².